The average Bonchev–Trinajstić information content (AvgIpc) is 2.19. The van der Waals surface area contributed by atoms with Crippen molar-refractivity contribution in [3.63, 3.8) is 0 Å². The molecule has 1 aromatic rings. The van der Waals surface area contributed by atoms with Gasteiger partial charge < -0.3 is 4.90 Å². The topological polar surface area (TPSA) is 16.1 Å². The summed E-state index contributed by atoms with van der Waals surface area (Å²) in [6, 6.07) is 4.21. The van der Waals surface area contributed by atoms with Gasteiger partial charge in [-0.1, -0.05) is 6.07 Å². The van der Waals surface area contributed by atoms with Crippen LogP contribution in [0.25, 0.3) is 0 Å². The third-order valence-corrected chi connectivity index (χ3v) is 2.97. The summed E-state index contributed by atoms with van der Waals surface area (Å²) in [6.45, 7) is 2.51. The molecule has 1 saturated heterocycles. The highest BCUT2D eigenvalue weighted by atomic mass is 15.1. The fourth-order valence-corrected chi connectivity index (χ4v) is 2.29. The predicted octanol–water partition coefficient (Wildman–Crippen LogP) is 1.97. The molecule has 14 heavy (non-hydrogen) atoms. The fourth-order valence-electron chi connectivity index (χ4n) is 2.29. The maximum absolute atomic E-state index is 4.16. The van der Waals surface area contributed by atoms with Gasteiger partial charge in [0.25, 0.3) is 0 Å². The molecular weight excluding hydrogens is 172 g/mol. The Morgan fingerprint density at radius 1 is 1.57 bits per heavy atom. The van der Waals surface area contributed by atoms with Crippen molar-refractivity contribution in [3.05, 3.63) is 30.1 Å². The molecule has 0 aliphatic carbocycles. The molecule has 0 saturated carbocycles. The summed E-state index contributed by atoms with van der Waals surface area (Å²) in [5.74, 6) is 0.831. The van der Waals surface area contributed by atoms with Crippen LogP contribution in [0.5, 0.6) is 0 Å². The monoisotopic (exact) mass is 190 g/mol. The summed E-state index contributed by atoms with van der Waals surface area (Å²) in [4.78, 5) is 6.59. The van der Waals surface area contributed by atoms with Gasteiger partial charge in [-0.2, -0.15) is 0 Å². The van der Waals surface area contributed by atoms with E-state index >= 15 is 0 Å². The molecule has 76 valence electrons. The van der Waals surface area contributed by atoms with E-state index in [2.05, 4.69) is 23.0 Å². The highest BCUT2D eigenvalue weighted by molar-refractivity contribution is 5.09. The van der Waals surface area contributed by atoms with Crippen molar-refractivity contribution in [2.45, 2.75) is 19.3 Å². The van der Waals surface area contributed by atoms with Gasteiger partial charge in [-0.3, -0.25) is 4.98 Å². The Bertz CT molecular complexity index is 271. The average molecular weight is 190 g/mol. The number of rotatable bonds is 2. The molecule has 1 atom stereocenters. The van der Waals surface area contributed by atoms with Crippen LogP contribution in [0.1, 0.15) is 18.4 Å². The maximum atomic E-state index is 4.16. The zero-order valence-electron chi connectivity index (χ0n) is 8.82. The molecule has 0 aromatic carbocycles. The minimum atomic E-state index is 0.831. The van der Waals surface area contributed by atoms with Crippen molar-refractivity contribution in [1.29, 1.82) is 0 Å². The third-order valence-electron chi connectivity index (χ3n) is 2.97. The molecule has 0 radical (unpaired) electrons. The van der Waals surface area contributed by atoms with Crippen molar-refractivity contribution in [2.75, 3.05) is 20.1 Å². The Hall–Kier alpha value is -0.890. The lowest BCUT2D eigenvalue weighted by Crippen LogP contribution is -2.32. The van der Waals surface area contributed by atoms with E-state index in [0.717, 1.165) is 5.92 Å². The summed E-state index contributed by atoms with van der Waals surface area (Å²) >= 11 is 0. The SMILES string of the molecule is CN1CCC[C@@H](Cc2cccnc2)C1. The molecule has 0 spiro atoms. The van der Waals surface area contributed by atoms with Crippen LogP contribution >= 0.6 is 0 Å². The zero-order chi connectivity index (χ0) is 9.80. The quantitative estimate of drug-likeness (QED) is 0.708. The minimum Gasteiger partial charge on any atom is -0.306 e. The summed E-state index contributed by atoms with van der Waals surface area (Å²) < 4.78 is 0. The van der Waals surface area contributed by atoms with Crippen molar-refractivity contribution in [2.24, 2.45) is 5.92 Å². The van der Waals surface area contributed by atoms with Crippen molar-refractivity contribution in [3.8, 4) is 0 Å². The number of pyridine rings is 1. The highest BCUT2D eigenvalue weighted by Gasteiger charge is 2.17. The van der Waals surface area contributed by atoms with Gasteiger partial charge in [0.2, 0.25) is 0 Å². The predicted molar refractivity (Wildman–Crippen MR) is 58.2 cm³/mol. The second kappa shape index (κ2) is 4.56. The van der Waals surface area contributed by atoms with E-state index in [1.165, 1.54) is 37.9 Å². The summed E-state index contributed by atoms with van der Waals surface area (Å²) in [6.07, 6.45) is 7.75. The van der Waals surface area contributed by atoms with E-state index in [1.807, 2.05) is 18.5 Å². The van der Waals surface area contributed by atoms with Gasteiger partial charge in [0.15, 0.2) is 0 Å². The van der Waals surface area contributed by atoms with Crippen LogP contribution in [0, 0.1) is 5.92 Å². The number of hydrogen-bond acceptors (Lipinski definition) is 2. The van der Waals surface area contributed by atoms with Gasteiger partial charge in [0, 0.05) is 18.9 Å². The molecule has 1 aliphatic heterocycles. The number of likely N-dealkylation sites (tertiary alicyclic amines) is 1. The Balaban J connectivity index is 1.91. The Morgan fingerprint density at radius 3 is 3.21 bits per heavy atom. The molecule has 0 unspecified atom stereocenters. The van der Waals surface area contributed by atoms with Crippen LogP contribution in [0.4, 0.5) is 0 Å². The smallest absolute Gasteiger partial charge is 0.0299 e. The first-order valence-electron chi connectivity index (χ1n) is 5.42. The lowest BCUT2D eigenvalue weighted by molar-refractivity contribution is 0.209. The molecule has 2 rings (SSSR count). The molecule has 0 amide bonds. The molecule has 1 aromatic heterocycles. The second-order valence-corrected chi connectivity index (χ2v) is 4.34. The number of hydrogen-bond donors (Lipinski definition) is 0. The van der Waals surface area contributed by atoms with Gasteiger partial charge in [0.05, 0.1) is 0 Å². The van der Waals surface area contributed by atoms with Crippen LogP contribution in [0.2, 0.25) is 0 Å². The van der Waals surface area contributed by atoms with Crippen molar-refractivity contribution < 1.29 is 0 Å². The van der Waals surface area contributed by atoms with Gasteiger partial charge in [-0.15, -0.1) is 0 Å². The standard InChI is InChI=1S/C12H18N2/c1-14-7-3-5-12(10-14)8-11-4-2-6-13-9-11/h2,4,6,9,12H,3,5,7-8,10H2,1H3/t12-/m0/s1. The van der Waals surface area contributed by atoms with Crippen LogP contribution in [-0.4, -0.2) is 30.0 Å². The molecule has 0 N–H and O–H groups in total. The lowest BCUT2D eigenvalue weighted by Gasteiger charge is -2.29. The number of nitrogens with zero attached hydrogens (tertiary/aromatic N) is 2. The largest absolute Gasteiger partial charge is 0.306 e. The Kier molecular flexibility index (Phi) is 3.14. The molecule has 0 bridgehead atoms. The highest BCUT2D eigenvalue weighted by Crippen LogP contribution is 2.19. The summed E-state index contributed by atoms with van der Waals surface area (Å²) in [7, 11) is 2.22. The first-order chi connectivity index (χ1) is 6.84. The van der Waals surface area contributed by atoms with E-state index in [9.17, 15) is 0 Å². The van der Waals surface area contributed by atoms with E-state index in [4.69, 9.17) is 0 Å². The van der Waals surface area contributed by atoms with Crippen molar-refractivity contribution in [1.82, 2.24) is 9.88 Å². The first kappa shape index (κ1) is 9.66. The van der Waals surface area contributed by atoms with Crippen LogP contribution in [-0.2, 0) is 6.42 Å². The van der Waals surface area contributed by atoms with Crippen LogP contribution in [0.15, 0.2) is 24.5 Å². The maximum Gasteiger partial charge on any atom is 0.0299 e. The molecule has 1 aliphatic rings. The van der Waals surface area contributed by atoms with Crippen molar-refractivity contribution >= 4 is 0 Å². The third kappa shape index (κ3) is 2.55. The van der Waals surface area contributed by atoms with Gasteiger partial charge in [0.1, 0.15) is 0 Å². The van der Waals surface area contributed by atoms with E-state index in [0.29, 0.717) is 0 Å². The van der Waals surface area contributed by atoms with E-state index in [-0.39, 0.29) is 0 Å². The van der Waals surface area contributed by atoms with E-state index in [1.54, 1.807) is 0 Å². The Labute approximate surface area is 86.0 Å². The molecular formula is C12H18N2. The first-order valence-corrected chi connectivity index (χ1v) is 5.42. The van der Waals surface area contributed by atoms with Crippen LogP contribution in [0.3, 0.4) is 0 Å². The minimum absolute atomic E-state index is 0.831. The molecule has 1 fully saturated rings. The van der Waals surface area contributed by atoms with Gasteiger partial charge >= 0.3 is 0 Å². The number of aromatic nitrogens is 1. The Morgan fingerprint density at radius 2 is 2.50 bits per heavy atom. The molecule has 2 nitrogen and oxygen atoms in total. The van der Waals surface area contributed by atoms with Gasteiger partial charge in [-0.25, -0.2) is 0 Å². The zero-order valence-corrected chi connectivity index (χ0v) is 8.82. The number of piperidine rings is 1. The van der Waals surface area contributed by atoms with Gasteiger partial charge in [-0.05, 0) is 50.4 Å². The summed E-state index contributed by atoms with van der Waals surface area (Å²) in [5, 5.41) is 0. The molecule has 2 heterocycles. The normalized spacial score (nSPS) is 23.6. The summed E-state index contributed by atoms with van der Waals surface area (Å²) in [5.41, 5.74) is 1.38. The molecule has 2 heteroatoms. The second-order valence-electron chi connectivity index (χ2n) is 4.34. The fraction of sp³-hybridized carbons (Fsp3) is 0.583. The van der Waals surface area contributed by atoms with Crippen LogP contribution < -0.4 is 0 Å². The lowest BCUT2D eigenvalue weighted by atomic mass is 9.92. The van der Waals surface area contributed by atoms with E-state index < -0.39 is 0 Å².